The molecule has 2 amide bonds. The molecule has 152 valence electrons. The van der Waals surface area contributed by atoms with Crippen LogP contribution in [0, 0.1) is 6.92 Å². The number of amides is 2. The Kier molecular flexibility index (Phi) is 6.39. The summed E-state index contributed by atoms with van der Waals surface area (Å²) in [5.74, 6) is -0.632. The topological polar surface area (TPSA) is 95.9 Å². The van der Waals surface area contributed by atoms with Gasteiger partial charge in [-0.25, -0.2) is 0 Å². The van der Waals surface area contributed by atoms with Gasteiger partial charge in [0.15, 0.2) is 5.17 Å². The van der Waals surface area contributed by atoms with Crippen molar-refractivity contribution in [3.05, 3.63) is 60.2 Å². The summed E-state index contributed by atoms with van der Waals surface area (Å²) in [6.45, 7) is 3.88. The molecule has 1 N–H and O–H groups in total. The second kappa shape index (κ2) is 8.79. The molecule has 1 saturated heterocycles. The van der Waals surface area contributed by atoms with Crippen LogP contribution in [0.25, 0.3) is 0 Å². The monoisotopic (exact) mass is 431 g/mol. The summed E-state index contributed by atoms with van der Waals surface area (Å²) in [7, 11) is -3.94. The molecule has 0 aromatic heterocycles. The van der Waals surface area contributed by atoms with Gasteiger partial charge in [-0.3, -0.25) is 14.5 Å². The molecule has 3 rings (SSSR count). The van der Waals surface area contributed by atoms with Crippen molar-refractivity contribution in [1.82, 2.24) is 4.90 Å². The van der Waals surface area contributed by atoms with Gasteiger partial charge < -0.3 is 5.32 Å². The lowest BCUT2D eigenvalue weighted by atomic mass is 10.2. The van der Waals surface area contributed by atoms with E-state index in [0.29, 0.717) is 5.69 Å². The van der Waals surface area contributed by atoms with Crippen molar-refractivity contribution < 1.29 is 18.0 Å². The Morgan fingerprint density at radius 2 is 1.79 bits per heavy atom. The second-order valence-corrected chi connectivity index (χ2v) is 9.19. The van der Waals surface area contributed by atoms with E-state index in [2.05, 4.69) is 9.71 Å². The molecule has 9 heteroatoms. The summed E-state index contributed by atoms with van der Waals surface area (Å²) in [6, 6.07) is 15.2. The Morgan fingerprint density at radius 3 is 2.45 bits per heavy atom. The smallest absolute Gasteiger partial charge is 0.284 e. The minimum Gasteiger partial charge on any atom is -0.326 e. The van der Waals surface area contributed by atoms with Crippen molar-refractivity contribution in [3.8, 4) is 0 Å². The standard InChI is InChI=1S/C20H21N3O4S2/c1-3-23-19(25)17(13-18(24)21-16-12-8-7-9-14(16)2)28-20(23)22-29(26,27)15-10-5-4-6-11-15/h4-12,17H,3,13H2,1-2H3,(H,21,24). The molecule has 2 aromatic rings. The van der Waals surface area contributed by atoms with Crippen LogP contribution in [0.1, 0.15) is 18.9 Å². The molecule has 0 saturated carbocycles. The quantitative estimate of drug-likeness (QED) is 0.758. The van der Waals surface area contributed by atoms with E-state index >= 15 is 0 Å². The van der Waals surface area contributed by atoms with Gasteiger partial charge in [-0.2, -0.15) is 8.42 Å². The fourth-order valence-corrected chi connectivity index (χ4v) is 5.27. The molecule has 0 aliphatic carbocycles. The molecule has 1 fully saturated rings. The number of hydrogen-bond donors (Lipinski definition) is 1. The maximum atomic E-state index is 12.7. The van der Waals surface area contributed by atoms with Crippen molar-refractivity contribution in [2.45, 2.75) is 30.4 Å². The Bertz CT molecular complexity index is 1050. The van der Waals surface area contributed by atoms with E-state index in [0.717, 1.165) is 17.3 Å². The molecule has 29 heavy (non-hydrogen) atoms. The molecule has 0 radical (unpaired) electrons. The fourth-order valence-electron chi connectivity index (χ4n) is 2.83. The van der Waals surface area contributed by atoms with Gasteiger partial charge in [0.25, 0.3) is 10.0 Å². The number of amidine groups is 1. The summed E-state index contributed by atoms with van der Waals surface area (Å²) in [6.07, 6.45) is -0.0707. The van der Waals surface area contributed by atoms with Crippen LogP contribution < -0.4 is 5.32 Å². The number of para-hydroxylation sites is 1. The van der Waals surface area contributed by atoms with Gasteiger partial charge in [0.05, 0.1) is 4.90 Å². The molecular formula is C20H21N3O4S2. The van der Waals surface area contributed by atoms with E-state index < -0.39 is 15.3 Å². The molecule has 7 nitrogen and oxygen atoms in total. The van der Waals surface area contributed by atoms with E-state index in [1.54, 1.807) is 31.2 Å². The third-order valence-corrected chi connectivity index (χ3v) is 6.94. The number of carbonyl (C=O) groups is 2. The number of thioether (sulfide) groups is 1. The lowest BCUT2D eigenvalue weighted by molar-refractivity contribution is -0.128. The summed E-state index contributed by atoms with van der Waals surface area (Å²) in [5.41, 5.74) is 1.60. The Morgan fingerprint density at radius 1 is 1.14 bits per heavy atom. The zero-order valence-corrected chi connectivity index (χ0v) is 17.7. The number of rotatable bonds is 6. The molecule has 1 heterocycles. The lowest BCUT2D eigenvalue weighted by Crippen LogP contribution is -2.33. The molecule has 1 atom stereocenters. The minimum absolute atomic E-state index is 0.0531. The first-order valence-corrected chi connectivity index (χ1v) is 11.4. The number of hydrogen-bond acceptors (Lipinski definition) is 5. The van der Waals surface area contributed by atoms with Crippen molar-refractivity contribution in [2.75, 3.05) is 11.9 Å². The molecule has 1 aliphatic heterocycles. The van der Waals surface area contributed by atoms with Crippen molar-refractivity contribution in [2.24, 2.45) is 4.40 Å². The average Bonchev–Trinajstić information content (AvgIpc) is 2.97. The highest BCUT2D eigenvalue weighted by Crippen LogP contribution is 2.31. The zero-order valence-electron chi connectivity index (χ0n) is 16.0. The first-order valence-electron chi connectivity index (χ1n) is 9.05. The first-order chi connectivity index (χ1) is 13.8. The lowest BCUT2D eigenvalue weighted by Gasteiger charge is -2.13. The molecule has 1 aliphatic rings. The Hall–Kier alpha value is -2.65. The van der Waals surface area contributed by atoms with E-state index in [4.69, 9.17) is 0 Å². The van der Waals surface area contributed by atoms with Crippen LogP contribution in [-0.4, -0.2) is 42.1 Å². The number of nitrogens with zero attached hydrogens (tertiary/aromatic N) is 2. The minimum atomic E-state index is -3.94. The molecule has 0 spiro atoms. The van der Waals surface area contributed by atoms with Gasteiger partial charge in [-0.05, 0) is 37.6 Å². The Labute approximate surface area is 174 Å². The van der Waals surface area contributed by atoms with Gasteiger partial charge in [0.2, 0.25) is 11.8 Å². The van der Waals surface area contributed by atoms with Crippen molar-refractivity contribution in [3.63, 3.8) is 0 Å². The highest BCUT2D eigenvalue weighted by atomic mass is 32.2. The van der Waals surface area contributed by atoms with Crippen LogP contribution in [0.4, 0.5) is 5.69 Å². The number of carbonyl (C=O) groups excluding carboxylic acids is 2. The summed E-state index contributed by atoms with van der Waals surface area (Å²) in [4.78, 5) is 26.5. The van der Waals surface area contributed by atoms with Crippen molar-refractivity contribution >= 4 is 44.5 Å². The van der Waals surface area contributed by atoms with Crippen LogP contribution in [0.3, 0.4) is 0 Å². The largest absolute Gasteiger partial charge is 0.326 e. The van der Waals surface area contributed by atoms with E-state index in [1.807, 2.05) is 25.1 Å². The van der Waals surface area contributed by atoms with Gasteiger partial charge >= 0.3 is 0 Å². The Balaban J connectivity index is 1.77. The van der Waals surface area contributed by atoms with E-state index in [9.17, 15) is 18.0 Å². The predicted molar refractivity (Wildman–Crippen MR) is 114 cm³/mol. The number of aryl methyl sites for hydroxylation is 1. The SMILES string of the molecule is CCN1C(=O)C(CC(=O)Nc2ccccc2C)SC1=NS(=O)(=O)c1ccccc1. The van der Waals surface area contributed by atoms with Crippen molar-refractivity contribution in [1.29, 1.82) is 0 Å². The van der Waals surface area contributed by atoms with Crippen LogP contribution in [0.5, 0.6) is 0 Å². The second-order valence-electron chi connectivity index (χ2n) is 6.42. The number of nitrogens with one attached hydrogen (secondary N) is 1. The van der Waals surface area contributed by atoms with Crippen LogP contribution >= 0.6 is 11.8 Å². The number of benzene rings is 2. The summed E-state index contributed by atoms with van der Waals surface area (Å²) >= 11 is 1.00. The van der Waals surface area contributed by atoms with Gasteiger partial charge in [-0.1, -0.05) is 48.2 Å². The van der Waals surface area contributed by atoms with Crippen LogP contribution in [0.2, 0.25) is 0 Å². The maximum absolute atomic E-state index is 12.7. The molecule has 2 aromatic carbocycles. The molecule has 1 unspecified atom stereocenters. The number of sulfonamides is 1. The predicted octanol–water partition coefficient (Wildman–Crippen LogP) is 3.03. The molecule has 0 bridgehead atoms. The van der Waals surface area contributed by atoms with Crippen LogP contribution in [-0.2, 0) is 19.6 Å². The van der Waals surface area contributed by atoms with E-state index in [-0.39, 0.29) is 34.8 Å². The normalized spacial score (nSPS) is 18.3. The zero-order chi connectivity index (χ0) is 21.0. The summed E-state index contributed by atoms with van der Waals surface area (Å²) in [5, 5.41) is 2.17. The number of anilines is 1. The van der Waals surface area contributed by atoms with Crippen LogP contribution in [0.15, 0.2) is 63.9 Å². The van der Waals surface area contributed by atoms with Gasteiger partial charge in [0.1, 0.15) is 5.25 Å². The van der Waals surface area contributed by atoms with Gasteiger partial charge in [0, 0.05) is 18.7 Å². The van der Waals surface area contributed by atoms with E-state index in [1.165, 1.54) is 17.0 Å². The summed E-state index contributed by atoms with van der Waals surface area (Å²) < 4.78 is 29.0. The molecular weight excluding hydrogens is 410 g/mol. The fraction of sp³-hybridized carbons (Fsp3) is 0.250. The highest BCUT2D eigenvalue weighted by Gasteiger charge is 2.39. The average molecular weight is 432 g/mol. The third kappa shape index (κ3) is 4.86. The van der Waals surface area contributed by atoms with Gasteiger partial charge in [-0.15, -0.1) is 4.40 Å². The first kappa shape index (κ1) is 21.1. The maximum Gasteiger partial charge on any atom is 0.284 e. The highest BCUT2D eigenvalue weighted by molar-refractivity contribution is 8.16. The third-order valence-electron chi connectivity index (χ3n) is 4.37.